The summed E-state index contributed by atoms with van der Waals surface area (Å²) < 4.78 is 24.6. The number of rotatable bonds is 8. The molecule has 0 aromatic heterocycles. The van der Waals surface area contributed by atoms with Gasteiger partial charge >= 0.3 is 0 Å². The van der Waals surface area contributed by atoms with Crippen LogP contribution in [0.5, 0.6) is 0 Å². The number of hydrogen-bond acceptors (Lipinski definition) is 4. The zero-order chi connectivity index (χ0) is 19.2. The number of aryl methyl sites for hydroxylation is 1. The summed E-state index contributed by atoms with van der Waals surface area (Å²) in [5, 5.41) is 2.92. The van der Waals surface area contributed by atoms with Gasteiger partial charge < -0.3 is 10.2 Å². The third-order valence-electron chi connectivity index (χ3n) is 4.90. The fraction of sp³-hybridized carbons (Fsp3) is 0.650. The number of hydrogen-bond donors (Lipinski definition) is 1. The third-order valence-corrected chi connectivity index (χ3v) is 6.63. The van der Waals surface area contributed by atoms with Crippen LogP contribution < -0.4 is 5.32 Å². The van der Waals surface area contributed by atoms with Crippen molar-refractivity contribution in [1.29, 1.82) is 0 Å². The fourth-order valence-electron chi connectivity index (χ4n) is 3.33. The van der Waals surface area contributed by atoms with Gasteiger partial charge in [0.15, 0.2) is 9.84 Å². The SMILES string of the molecule is Cc1ccc(S(=O)(=O)CCC(=O)NCC2CCN(CC(C)C)CC2)cc1. The summed E-state index contributed by atoms with van der Waals surface area (Å²) in [5.74, 6) is 0.859. The molecule has 1 saturated heterocycles. The Morgan fingerprint density at radius 1 is 1.19 bits per heavy atom. The number of carbonyl (C=O) groups excluding carboxylic acids is 1. The van der Waals surface area contributed by atoms with Gasteiger partial charge in [0.25, 0.3) is 0 Å². The minimum absolute atomic E-state index is 0.0163. The molecule has 1 amide bonds. The Kier molecular flexibility index (Phi) is 7.65. The molecule has 0 aliphatic carbocycles. The van der Waals surface area contributed by atoms with Crippen molar-refractivity contribution < 1.29 is 13.2 Å². The largest absolute Gasteiger partial charge is 0.356 e. The van der Waals surface area contributed by atoms with Crippen LogP contribution >= 0.6 is 0 Å². The van der Waals surface area contributed by atoms with E-state index in [0.717, 1.165) is 38.0 Å². The highest BCUT2D eigenvalue weighted by atomic mass is 32.2. The summed E-state index contributed by atoms with van der Waals surface area (Å²) in [5.41, 5.74) is 1.01. The van der Waals surface area contributed by atoms with Gasteiger partial charge in [-0.25, -0.2) is 8.42 Å². The molecule has 1 aromatic rings. The van der Waals surface area contributed by atoms with Crippen molar-refractivity contribution in [3.8, 4) is 0 Å². The number of nitrogens with zero attached hydrogens (tertiary/aromatic N) is 1. The van der Waals surface area contributed by atoms with Crippen molar-refractivity contribution in [2.45, 2.75) is 44.9 Å². The molecule has 0 bridgehead atoms. The maximum Gasteiger partial charge on any atom is 0.221 e. The molecular weight excluding hydrogens is 348 g/mol. The van der Waals surface area contributed by atoms with Crippen LogP contribution in [0, 0.1) is 18.8 Å². The summed E-state index contributed by atoms with van der Waals surface area (Å²) in [6.45, 7) is 10.3. The molecular formula is C20H32N2O3S. The normalized spacial score (nSPS) is 16.8. The average molecular weight is 381 g/mol. The van der Waals surface area contributed by atoms with Gasteiger partial charge in [-0.05, 0) is 56.8 Å². The molecule has 1 aliphatic rings. The van der Waals surface area contributed by atoms with Crippen LogP contribution in [0.15, 0.2) is 29.2 Å². The molecule has 146 valence electrons. The lowest BCUT2D eigenvalue weighted by atomic mass is 9.96. The molecule has 1 aromatic carbocycles. The molecule has 0 unspecified atom stereocenters. The number of piperidine rings is 1. The zero-order valence-electron chi connectivity index (χ0n) is 16.2. The van der Waals surface area contributed by atoms with Crippen LogP contribution in [0.2, 0.25) is 0 Å². The Balaban J connectivity index is 1.70. The van der Waals surface area contributed by atoms with Gasteiger partial charge in [-0.15, -0.1) is 0 Å². The number of amides is 1. The van der Waals surface area contributed by atoms with Crippen molar-refractivity contribution in [3.63, 3.8) is 0 Å². The van der Waals surface area contributed by atoms with Gasteiger partial charge in [-0.3, -0.25) is 4.79 Å². The second-order valence-electron chi connectivity index (χ2n) is 7.82. The zero-order valence-corrected chi connectivity index (χ0v) is 17.0. The van der Waals surface area contributed by atoms with E-state index in [9.17, 15) is 13.2 Å². The number of nitrogens with one attached hydrogen (secondary N) is 1. The summed E-state index contributed by atoms with van der Waals surface area (Å²) in [7, 11) is -3.40. The smallest absolute Gasteiger partial charge is 0.221 e. The highest BCUT2D eigenvalue weighted by molar-refractivity contribution is 7.91. The Bertz CT molecular complexity index is 676. The topological polar surface area (TPSA) is 66.5 Å². The monoisotopic (exact) mass is 380 g/mol. The molecule has 0 spiro atoms. The van der Waals surface area contributed by atoms with E-state index in [1.807, 2.05) is 6.92 Å². The molecule has 6 heteroatoms. The highest BCUT2D eigenvalue weighted by Gasteiger charge is 2.21. The van der Waals surface area contributed by atoms with E-state index in [0.29, 0.717) is 18.4 Å². The van der Waals surface area contributed by atoms with Crippen molar-refractivity contribution in [2.24, 2.45) is 11.8 Å². The average Bonchev–Trinajstić information content (AvgIpc) is 2.59. The molecule has 0 atom stereocenters. The number of likely N-dealkylation sites (tertiary alicyclic amines) is 1. The van der Waals surface area contributed by atoms with Crippen LogP contribution in [0.25, 0.3) is 0 Å². The predicted molar refractivity (Wildman–Crippen MR) is 105 cm³/mol. The van der Waals surface area contributed by atoms with Crippen LogP contribution in [-0.2, 0) is 14.6 Å². The highest BCUT2D eigenvalue weighted by Crippen LogP contribution is 2.17. The fourth-order valence-corrected chi connectivity index (χ4v) is 4.57. The van der Waals surface area contributed by atoms with Gasteiger partial charge in [-0.1, -0.05) is 31.5 Å². The van der Waals surface area contributed by atoms with Gasteiger partial charge in [0.2, 0.25) is 5.91 Å². The van der Waals surface area contributed by atoms with Gasteiger partial charge in [-0.2, -0.15) is 0 Å². The lowest BCUT2D eigenvalue weighted by Crippen LogP contribution is -2.40. The summed E-state index contributed by atoms with van der Waals surface area (Å²) >= 11 is 0. The molecule has 1 aliphatic heterocycles. The Morgan fingerprint density at radius 2 is 1.81 bits per heavy atom. The molecule has 0 saturated carbocycles. The molecule has 5 nitrogen and oxygen atoms in total. The van der Waals surface area contributed by atoms with E-state index in [2.05, 4.69) is 24.1 Å². The van der Waals surface area contributed by atoms with E-state index in [4.69, 9.17) is 0 Å². The Hall–Kier alpha value is -1.40. The molecule has 2 rings (SSSR count). The number of sulfone groups is 1. The van der Waals surface area contributed by atoms with Gasteiger partial charge in [0.1, 0.15) is 0 Å². The maximum absolute atomic E-state index is 12.3. The quantitative estimate of drug-likeness (QED) is 0.753. The van der Waals surface area contributed by atoms with Crippen LogP contribution in [0.1, 0.15) is 38.7 Å². The molecule has 1 heterocycles. The van der Waals surface area contributed by atoms with Gasteiger partial charge in [0.05, 0.1) is 10.6 Å². The van der Waals surface area contributed by atoms with Gasteiger partial charge in [0, 0.05) is 19.5 Å². The molecule has 1 fully saturated rings. The van der Waals surface area contributed by atoms with E-state index < -0.39 is 9.84 Å². The van der Waals surface area contributed by atoms with Crippen LogP contribution in [0.4, 0.5) is 0 Å². The first kappa shape index (κ1) is 20.9. The molecule has 0 radical (unpaired) electrons. The Morgan fingerprint density at radius 3 is 2.38 bits per heavy atom. The molecule has 1 N–H and O–H groups in total. The van der Waals surface area contributed by atoms with Crippen molar-refractivity contribution in [1.82, 2.24) is 10.2 Å². The summed E-state index contributed by atoms with van der Waals surface area (Å²) in [6.07, 6.45) is 2.20. The van der Waals surface area contributed by atoms with E-state index in [-0.39, 0.29) is 23.0 Å². The lowest BCUT2D eigenvalue weighted by molar-refractivity contribution is -0.120. The summed E-state index contributed by atoms with van der Waals surface area (Å²) in [6, 6.07) is 6.76. The van der Waals surface area contributed by atoms with E-state index >= 15 is 0 Å². The summed E-state index contributed by atoms with van der Waals surface area (Å²) in [4.78, 5) is 14.8. The first-order valence-corrected chi connectivity index (χ1v) is 11.2. The minimum atomic E-state index is -3.40. The second-order valence-corrected chi connectivity index (χ2v) is 9.93. The maximum atomic E-state index is 12.3. The van der Waals surface area contributed by atoms with Crippen LogP contribution in [-0.4, -0.2) is 51.2 Å². The Labute approximate surface area is 158 Å². The third kappa shape index (κ3) is 6.72. The first-order valence-electron chi connectivity index (χ1n) is 9.55. The van der Waals surface area contributed by atoms with Crippen molar-refractivity contribution in [3.05, 3.63) is 29.8 Å². The van der Waals surface area contributed by atoms with Crippen molar-refractivity contribution >= 4 is 15.7 Å². The van der Waals surface area contributed by atoms with E-state index in [1.54, 1.807) is 24.3 Å². The van der Waals surface area contributed by atoms with Crippen LogP contribution in [0.3, 0.4) is 0 Å². The first-order chi connectivity index (χ1) is 12.3. The lowest BCUT2D eigenvalue weighted by Gasteiger charge is -2.33. The predicted octanol–water partition coefficient (Wildman–Crippen LogP) is 2.64. The minimum Gasteiger partial charge on any atom is -0.356 e. The standard InChI is InChI=1S/C20H32N2O3S/c1-16(2)15-22-11-8-18(9-12-22)14-21-20(23)10-13-26(24,25)19-6-4-17(3)5-7-19/h4-7,16,18H,8-15H2,1-3H3,(H,21,23). The van der Waals surface area contributed by atoms with E-state index in [1.165, 1.54) is 0 Å². The number of carbonyl (C=O) groups is 1. The van der Waals surface area contributed by atoms with Crippen molar-refractivity contribution in [2.75, 3.05) is 31.9 Å². The molecule has 26 heavy (non-hydrogen) atoms. The number of benzene rings is 1. The second kappa shape index (κ2) is 9.51.